The number of pyridine rings is 1. The van der Waals surface area contributed by atoms with Gasteiger partial charge in [0.05, 0.1) is 12.9 Å². The molecule has 17 N–H and O–H groups in total. The summed E-state index contributed by atoms with van der Waals surface area (Å²) in [4.78, 5) is 241. The van der Waals surface area contributed by atoms with Gasteiger partial charge in [0.2, 0.25) is 88.6 Å². The van der Waals surface area contributed by atoms with Crippen LogP contribution in [-0.2, 0) is 116 Å². The molecule has 1 aliphatic heterocycles. The number of carbonyl (C=O) groups excluding carboxylic acids is 15. The maximum absolute atomic E-state index is 15.8. The number of aromatic amines is 2. The molecule has 0 saturated heterocycles. The molecule has 0 aliphatic carbocycles. The van der Waals surface area contributed by atoms with Crippen LogP contribution in [0.1, 0.15) is 195 Å². The first-order chi connectivity index (χ1) is 68.4. The van der Waals surface area contributed by atoms with E-state index in [0.717, 1.165) is 70.1 Å². The normalized spacial score (nSPS) is 20.9. The minimum atomic E-state index is -1.67. The van der Waals surface area contributed by atoms with Crippen LogP contribution in [0.5, 0.6) is 11.5 Å². The van der Waals surface area contributed by atoms with Gasteiger partial charge in [0, 0.05) is 126 Å². The Labute approximate surface area is 842 Å². The van der Waals surface area contributed by atoms with Gasteiger partial charge in [0.25, 0.3) is 0 Å². The summed E-state index contributed by atoms with van der Waals surface area (Å²) < 4.78 is 14.7. The third-order valence-electron chi connectivity index (χ3n) is 24.9. The molecule has 9 rings (SSSR count). The van der Waals surface area contributed by atoms with Crippen molar-refractivity contribution in [2.75, 3.05) is 45.7 Å². The Hall–Kier alpha value is -13.7. The van der Waals surface area contributed by atoms with Crippen LogP contribution in [0.4, 0.5) is 4.39 Å². The van der Waals surface area contributed by atoms with Crippen LogP contribution in [0.15, 0.2) is 164 Å². The van der Waals surface area contributed by atoms with Gasteiger partial charge in [-0.05, 0) is 132 Å². The Bertz CT molecular complexity index is 5580. The fourth-order valence-electron chi connectivity index (χ4n) is 16.6. The number of phenolic OH excluding ortho intramolecular Hbond substituents is 2. The average Bonchev–Trinajstić information content (AvgIpc) is 1.79. The molecule has 39 heteroatoms. The number of nitrogens with zero attached hydrogens (tertiary/aromatic N) is 5. The Balaban J connectivity index is 1.10. The predicted octanol–water partition coefficient (Wildman–Crippen LogP) is 7.44. The van der Waals surface area contributed by atoms with E-state index >= 15 is 47.9 Å². The Morgan fingerprint density at radius 2 is 1.13 bits per heavy atom. The number of hydrogen-bond donors (Lipinski definition) is 16. The highest BCUT2D eigenvalue weighted by Crippen LogP contribution is 2.27. The van der Waals surface area contributed by atoms with Gasteiger partial charge in [-0.3, -0.25) is 71.9 Å². The standard InChI is InChI=1S/C104H138FN19O17S2/c1-11-13-14-15-16-17-18-19-23-35-87(128)108-48-25-24-34-79-95(133)118-83(55-74-57-107-63-111-74)101(139)123(9)64(3)93(131)120-89(71-31-21-20-22-32-71)99(137)116-81(54-72-56-110-92-77(72)33-27-49-109-92)96(134)117-82(52-67-40-46-76(127)47-41-67)102(140)124(10)86(53-68-36-42-73(105)43-37-68)103(141)122(8)58-88(129)113-84(91(106)130)61-142-59-69-29-26-30-70(50-69)60-143-62-85(119-94(132)78(28-12-2)112-65(4)125)98(136)115-80(51-66-38-44-75(126)45-39-66)97(135)121-90(100(138)114-79)104(5,6)7/h20-22,26-27,29-33,36-47,49-50,56-57,63-64,78-86,89-90,126-127H,11-19,23-25,28,34-35,48,51-55,58-62H2,1-10H3,(H2,106,130)(H,107,111)(H,108,128)(H,109,110)(H,112,125)(H,113,129)(H,114,138)(H,115,136)(H,116,137)(H,117,134)(H,118,133)(H,119,132)(H,120,131)(H,121,135)/t64-,78-,79-,80-,81-,82-,83-,84-,85-,86-,89-,90+/m0/s1. The molecule has 1 aliphatic rings. The molecule has 12 atom stereocenters. The number of aromatic hydroxyl groups is 2. The fourth-order valence-corrected chi connectivity index (χ4v) is 18.6. The number of aromatic nitrogens is 4. The summed E-state index contributed by atoms with van der Waals surface area (Å²) in [6, 6.07) is 17.4. The van der Waals surface area contributed by atoms with Crippen LogP contribution in [0.3, 0.4) is 0 Å². The van der Waals surface area contributed by atoms with Crippen molar-refractivity contribution in [2.45, 2.75) is 261 Å². The third kappa shape index (κ3) is 36.3. The number of primary amides is 1. The number of phenols is 2. The van der Waals surface area contributed by atoms with Crippen LogP contribution in [-0.4, -0.2) is 246 Å². The molecule has 0 saturated carbocycles. The second-order valence-electron chi connectivity index (χ2n) is 37.4. The van der Waals surface area contributed by atoms with E-state index < -0.39 is 173 Å². The Kier molecular flexibility index (Phi) is 44.8. The van der Waals surface area contributed by atoms with Crippen molar-refractivity contribution in [3.63, 3.8) is 0 Å². The molecular formula is C104H138FN19O17S2. The number of nitrogens with one attached hydrogen (secondary N) is 13. The van der Waals surface area contributed by atoms with Crippen LogP contribution < -0.4 is 64.2 Å². The lowest BCUT2D eigenvalue weighted by molar-refractivity contribution is -0.146. The fraction of sp³-hybridized carbons (Fsp3) is 0.471. The van der Waals surface area contributed by atoms with E-state index in [0.29, 0.717) is 64.7 Å². The predicted molar refractivity (Wildman–Crippen MR) is 544 cm³/mol. The number of benzene rings is 5. The largest absolute Gasteiger partial charge is 0.508 e. The lowest BCUT2D eigenvalue weighted by atomic mass is 9.85. The number of nitrogens with two attached hydrogens (primary N) is 1. The first kappa shape index (κ1) is 113. The topological polar surface area (TPSA) is 522 Å². The molecule has 4 heterocycles. The summed E-state index contributed by atoms with van der Waals surface area (Å²) >= 11 is 2.47. The number of halogens is 1. The van der Waals surface area contributed by atoms with Gasteiger partial charge in [0.15, 0.2) is 0 Å². The summed E-state index contributed by atoms with van der Waals surface area (Å²) in [5, 5.41) is 52.5. The van der Waals surface area contributed by atoms with Crippen molar-refractivity contribution in [2.24, 2.45) is 11.1 Å². The average molecular weight is 2010 g/mol. The zero-order valence-electron chi connectivity index (χ0n) is 82.9. The molecule has 2 bridgehead atoms. The van der Waals surface area contributed by atoms with E-state index in [1.165, 1.54) is 163 Å². The number of rotatable bonds is 32. The summed E-state index contributed by atoms with van der Waals surface area (Å²) in [5.74, 6) is -12.7. The number of likely N-dealkylation sites (N-methyl/N-ethyl adjacent to an activating group) is 3. The Morgan fingerprint density at radius 3 is 1.74 bits per heavy atom. The summed E-state index contributed by atoms with van der Waals surface area (Å²) in [6.07, 6.45) is 15.3. The number of carbonyl (C=O) groups is 15. The molecule has 0 unspecified atom stereocenters. The number of thioether (sulfide) groups is 2. The molecule has 8 aromatic rings. The zero-order chi connectivity index (χ0) is 104. The number of H-pyrrole nitrogens is 2. The van der Waals surface area contributed by atoms with Crippen LogP contribution >= 0.6 is 23.5 Å². The van der Waals surface area contributed by atoms with Crippen LogP contribution in [0, 0.1) is 11.2 Å². The first-order valence-electron chi connectivity index (χ1n) is 48.7. The maximum Gasteiger partial charge on any atom is 0.247 e. The zero-order valence-corrected chi connectivity index (χ0v) is 84.6. The van der Waals surface area contributed by atoms with Crippen molar-refractivity contribution in [1.29, 1.82) is 0 Å². The van der Waals surface area contributed by atoms with Crippen molar-refractivity contribution in [1.82, 2.24) is 93.1 Å². The molecule has 0 spiro atoms. The number of unbranched alkanes of at least 4 members (excludes halogenated alkanes) is 9. The molecule has 36 nitrogen and oxygen atoms in total. The van der Waals surface area contributed by atoms with Gasteiger partial charge in [0.1, 0.15) is 95.5 Å². The summed E-state index contributed by atoms with van der Waals surface area (Å²) in [7, 11) is 3.89. The number of hydrogen-bond acceptors (Lipinski definition) is 21. The van der Waals surface area contributed by atoms with Crippen molar-refractivity contribution >= 4 is 123 Å². The van der Waals surface area contributed by atoms with E-state index in [1.54, 1.807) is 69.6 Å². The van der Waals surface area contributed by atoms with E-state index in [9.17, 15) is 38.6 Å². The minimum Gasteiger partial charge on any atom is -0.508 e. The maximum atomic E-state index is 15.8. The summed E-state index contributed by atoms with van der Waals surface area (Å²) in [6.45, 7) is 11.1. The van der Waals surface area contributed by atoms with Gasteiger partial charge in [-0.2, -0.15) is 23.5 Å². The monoisotopic (exact) mass is 2010 g/mol. The lowest BCUT2D eigenvalue weighted by Crippen LogP contribution is -2.62. The molecule has 0 radical (unpaired) electrons. The van der Waals surface area contributed by atoms with Gasteiger partial charge < -0.3 is 99.1 Å². The highest BCUT2D eigenvalue weighted by Gasteiger charge is 2.42. The van der Waals surface area contributed by atoms with Crippen molar-refractivity contribution < 1.29 is 86.5 Å². The minimum absolute atomic E-state index is 0.0642. The SMILES string of the molecule is CCCCCCCCCCCC(=O)NCCCC[C@@H]1NC(=O)[C@H](C(C)(C)C)NC(=O)[C@H](Cc2ccc(O)cc2)NC(=O)[C@@H](NC(=O)[C@H](CCC)NC(C)=O)CSCc2cccc(c2)CSC[C@@H](C(N)=O)NC(=O)CN(C)C(=O)[C@H](Cc2ccc(F)cc2)N(C)C(=O)[C@H](Cc2ccc(O)cc2)NC(=O)[C@H](Cc2c[nH]c3ncccc23)NC(=O)[C@H](c2ccccc2)NC(=O)[C@H](C)N(C)C(=O)[C@H](Cc2cnc[nH]2)NC1=O. The van der Waals surface area contributed by atoms with E-state index in [4.69, 9.17) is 5.73 Å². The van der Waals surface area contributed by atoms with Crippen molar-refractivity contribution in [3.8, 4) is 11.5 Å². The second kappa shape index (κ2) is 56.8. The number of amides is 15. The van der Waals surface area contributed by atoms with Gasteiger partial charge in [-0.25, -0.2) is 14.4 Å². The number of imidazole rings is 1. The molecule has 15 amide bonds. The molecule has 3 aromatic heterocycles. The second-order valence-corrected chi connectivity index (χ2v) is 39.5. The first-order valence-corrected chi connectivity index (χ1v) is 51.0. The van der Waals surface area contributed by atoms with E-state index in [2.05, 4.69) is 85.3 Å². The molecular weight excluding hydrogens is 1870 g/mol. The van der Waals surface area contributed by atoms with Crippen LogP contribution in [0.25, 0.3) is 11.0 Å². The molecule has 0 fully saturated rings. The highest BCUT2D eigenvalue weighted by molar-refractivity contribution is 7.98. The van der Waals surface area contributed by atoms with Gasteiger partial charge in [-0.15, -0.1) is 0 Å². The van der Waals surface area contributed by atoms with E-state index in [1.807, 2.05) is 25.1 Å². The smallest absolute Gasteiger partial charge is 0.247 e. The third-order valence-corrected chi connectivity index (χ3v) is 27.1. The molecule has 770 valence electrons. The van der Waals surface area contributed by atoms with Crippen molar-refractivity contribution in [3.05, 3.63) is 215 Å². The molecule has 143 heavy (non-hydrogen) atoms. The number of fused-ring (bicyclic) bond motifs is 3. The summed E-state index contributed by atoms with van der Waals surface area (Å²) in [5.41, 5.74) is 8.82. The van der Waals surface area contributed by atoms with Gasteiger partial charge >= 0.3 is 0 Å². The van der Waals surface area contributed by atoms with Gasteiger partial charge in [-0.1, -0.05) is 183 Å². The lowest BCUT2D eigenvalue weighted by Gasteiger charge is -2.34. The Morgan fingerprint density at radius 1 is 0.559 bits per heavy atom. The quantitative estimate of drug-likeness (QED) is 0.0182. The highest BCUT2D eigenvalue weighted by atomic mass is 32.2. The van der Waals surface area contributed by atoms with E-state index in [-0.39, 0.29) is 104 Å². The molecule has 5 aromatic carbocycles. The van der Waals surface area contributed by atoms with Crippen LogP contribution in [0.2, 0.25) is 0 Å².